The van der Waals surface area contributed by atoms with Crippen molar-refractivity contribution >= 4 is 29.1 Å². The third-order valence-corrected chi connectivity index (χ3v) is 4.89. The number of anilines is 1. The highest BCUT2D eigenvalue weighted by Gasteiger charge is 2.15. The molecule has 3 aromatic heterocycles. The highest BCUT2D eigenvalue weighted by molar-refractivity contribution is 7.13. The molecular formula is C19H20N6O2S. The van der Waals surface area contributed by atoms with Crippen molar-refractivity contribution in [2.24, 2.45) is 5.73 Å². The maximum Gasteiger partial charge on any atom is 0.320 e. The average molecular weight is 396 g/mol. The minimum atomic E-state index is -0.555. The maximum absolute atomic E-state index is 11.8. The third kappa shape index (κ3) is 4.32. The monoisotopic (exact) mass is 396 g/mol. The lowest BCUT2D eigenvalue weighted by atomic mass is 10.0. The fourth-order valence-electron chi connectivity index (χ4n) is 2.57. The number of pyridine rings is 2. The van der Waals surface area contributed by atoms with Gasteiger partial charge in [-0.15, -0.1) is 11.3 Å². The van der Waals surface area contributed by atoms with Crippen LogP contribution in [0.2, 0.25) is 0 Å². The van der Waals surface area contributed by atoms with Gasteiger partial charge in [-0.05, 0) is 25.5 Å². The molecule has 0 aliphatic carbocycles. The number of aromatic nitrogens is 3. The highest BCUT2D eigenvalue weighted by Crippen LogP contribution is 2.35. The van der Waals surface area contributed by atoms with Gasteiger partial charge in [0.1, 0.15) is 10.8 Å². The van der Waals surface area contributed by atoms with Crippen LogP contribution in [0.4, 0.5) is 10.6 Å². The smallest absolute Gasteiger partial charge is 0.320 e. The third-order valence-electron chi connectivity index (χ3n) is 3.96. The molecule has 4 N–H and O–H groups in total. The summed E-state index contributed by atoms with van der Waals surface area (Å²) in [6, 6.07) is 3.10. The first-order valence-corrected chi connectivity index (χ1v) is 9.64. The van der Waals surface area contributed by atoms with Gasteiger partial charge >= 0.3 is 6.03 Å². The number of nitrogens with zero attached hydrogens (tertiary/aromatic N) is 3. The second-order valence-corrected chi connectivity index (χ2v) is 6.78. The fraction of sp³-hybridized carbons (Fsp3) is 0.211. The van der Waals surface area contributed by atoms with Crippen LogP contribution in [0.25, 0.3) is 21.7 Å². The summed E-state index contributed by atoms with van der Waals surface area (Å²) in [5.74, 6) is -0.155. The molecule has 0 atom stereocenters. The molecule has 3 rings (SSSR count). The summed E-state index contributed by atoms with van der Waals surface area (Å²) in [6.45, 7) is 4.38. The second kappa shape index (κ2) is 8.57. The van der Waals surface area contributed by atoms with E-state index in [1.807, 2.05) is 19.2 Å². The first kappa shape index (κ1) is 19.4. The Hall–Kier alpha value is -3.33. The van der Waals surface area contributed by atoms with Crippen LogP contribution in [0, 0.1) is 0 Å². The molecule has 28 heavy (non-hydrogen) atoms. The normalized spacial score (nSPS) is 10.5. The Balaban J connectivity index is 2.09. The Labute approximate surface area is 166 Å². The van der Waals surface area contributed by atoms with Crippen molar-refractivity contribution in [1.82, 2.24) is 20.3 Å². The van der Waals surface area contributed by atoms with Crippen LogP contribution in [0.5, 0.6) is 0 Å². The van der Waals surface area contributed by atoms with Crippen LogP contribution < -0.4 is 16.4 Å². The van der Waals surface area contributed by atoms with E-state index in [0.29, 0.717) is 23.5 Å². The molecule has 0 aliphatic heterocycles. The number of aryl methyl sites for hydroxylation is 1. The molecule has 3 aromatic rings. The van der Waals surface area contributed by atoms with Gasteiger partial charge < -0.3 is 11.1 Å². The Bertz CT molecular complexity index is 1020. The van der Waals surface area contributed by atoms with Crippen molar-refractivity contribution in [3.8, 4) is 21.7 Å². The molecule has 0 saturated carbocycles. The first-order valence-electron chi connectivity index (χ1n) is 8.76. The van der Waals surface area contributed by atoms with Crippen LogP contribution in [0.1, 0.15) is 29.9 Å². The molecule has 0 aromatic carbocycles. The summed E-state index contributed by atoms with van der Waals surface area (Å²) >= 11 is 1.51. The van der Waals surface area contributed by atoms with E-state index in [1.165, 1.54) is 17.5 Å². The van der Waals surface area contributed by atoms with Crippen molar-refractivity contribution in [2.75, 3.05) is 11.9 Å². The quantitative estimate of drug-likeness (QED) is 0.591. The zero-order valence-corrected chi connectivity index (χ0v) is 16.3. The predicted octanol–water partition coefficient (Wildman–Crippen LogP) is 3.07. The Morgan fingerprint density at radius 3 is 2.64 bits per heavy atom. The molecule has 0 unspecified atom stereocenters. The first-order chi connectivity index (χ1) is 13.5. The highest BCUT2D eigenvalue weighted by atomic mass is 32.1. The standard InChI is InChI=1S/C19H20N6O2S/c1-3-13-10-28-18(24-13)14-6-16(25-19(27)22-4-2)23-9-15(14)11-5-12(17(20)26)8-21-7-11/h5-10H,3-4H2,1-2H3,(H2,20,26)(H2,22,23,25,27). The van der Waals surface area contributed by atoms with E-state index in [9.17, 15) is 9.59 Å². The van der Waals surface area contributed by atoms with Crippen molar-refractivity contribution in [3.05, 3.63) is 47.4 Å². The summed E-state index contributed by atoms with van der Waals surface area (Å²) < 4.78 is 0. The topological polar surface area (TPSA) is 123 Å². The van der Waals surface area contributed by atoms with Crippen molar-refractivity contribution < 1.29 is 9.59 Å². The second-order valence-electron chi connectivity index (χ2n) is 5.92. The van der Waals surface area contributed by atoms with E-state index in [2.05, 4.69) is 25.6 Å². The number of hydrogen-bond acceptors (Lipinski definition) is 6. The average Bonchev–Trinajstić information content (AvgIpc) is 3.17. The number of amides is 3. The van der Waals surface area contributed by atoms with E-state index in [0.717, 1.165) is 28.2 Å². The largest absolute Gasteiger partial charge is 0.366 e. The van der Waals surface area contributed by atoms with Crippen LogP contribution in [0.3, 0.4) is 0 Å². The van der Waals surface area contributed by atoms with Gasteiger partial charge in [0.25, 0.3) is 0 Å². The van der Waals surface area contributed by atoms with E-state index >= 15 is 0 Å². The van der Waals surface area contributed by atoms with Crippen LogP contribution in [0.15, 0.2) is 36.1 Å². The van der Waals surface area contributed by atoms with Crippen LogP contribution in [-0.4, -0.2) is 33.4 Å². The fourth-order valence-corrected chi connectivity index (χ4v) is 3.50. The molecule has 0 radical (unpaired) electrons. The van der Waals surface area contributed by atoms with Gasteiger partial charge in [0.2, 0.25) is 5.91 Å². The molecule has 144 valence electrons. The van der Waals surface area contributed by atoms with E-state index in [-0.39, 0.29) is 6.03 Å². The van der Waals surface area contributed by atoms with Crippen molar-refractivity contribution in [1.29, 1.82) is 0 Å². The zero-order valence-electron chi connectivity index (χ0n) is 15.5. The SMILES string of the molecule is CCNC(=O)Nc1cc(-c2nc(CC)cs2)c(-c2cncc(C(N)=O)c2)cn1. The minimum Gasteiger partial charge on any atom is -0.366 e. The number of thiazole rings is 1. The number of primary amides is 1. The predicted molar refractivity (Wildman–Crippen MR) is 109 cm³/mol. The maximum atomic E-state index is 11.8. The summed E-state index contributed by atoms with van der Waals surface area (Å²) in [6.07, 6.45) is 5.51. The van der Waals surface area contributed by atoms with Gasteiger partial charge in [0.05, 0.1) is 11.3 Å². The Kier molecular flexibility index (Phi) is 5.95. The van der Waals surface area contributed by atoms with Gasteiger partial charge in [-0.25, -0.2) is 14.8 Å². The van der Waals surface area contributed by atoms with Crippen molar-refractivity contribution in [2.45, 2.75) is 20.3 Å². The number of hydrogen-bond donors (Lipinski definition) is 3. The molecule has 3 heterocycles. The Morgan fingerprint density at radius 1 is 1.14 bits per heavy atom. The van der Waals surface area contributed by atoms with E-state index in [4.69, 9.17) is 5.73 Å². The van der Waals surface area contributed by atoms with Crippen LogP contribution >= 0.6 is 11.3 Å². The molecule has 0 bridgehead atoms. The lowest BCUT2D eigenvalue weighted by Gasteiger charge is -2.11. The lowest BCUT2D eigenvalue weighted by molar-refractivity contribution is 0.1000. The summed E-state index contributed by atoms with van der Waals surface area (Å²) in [5, 5.41) is 8.16. The number of nitrogens with one attached hydrogen (secondary N) is 2. The van der Waals surface area contributed by atoms with Gasteiger partial charge in [-0.1, -0.05) is 6.92 Å². The van der Waals surface area contributed by atoms with Gasteiger partial charge in [0, 0.05) is 47.2 Å². The Morgan fingerprint density at radius 2 is 1.96 bits per heavy atom. The van der Waals surface area contributed by atoms with Crippen LogP contribution in [-0.2, 0) is 6.42 Å². The number of carbonyl (C=O) groups is 2. The van der Waals surface area contributed by atoms with Gasteiger partial charge in [-0.2, -0.15) is 0 Å². The number of rotatable bonds is 6. The summed E-state index contributed by atoms with van der Waals surface area (Å²) in [5.41, 5.74) is 8.89. The van der Waals surface area contributed by atoms with E-state index in [1.54, 1.807) is 24.5 Å². The minimum absolute atomic E-state index is 0.307. The molecule has 8 nitrogen and oxygen atoms in total. The number of nitrogens with two attached hydrogens (primary N) is 1. The van der Waals surface area contributed by atoms with Gasteiger partial charge in [0.15, 0.2) is 0 Å². The summed E-state index contributed by atoms with van der Waals surface area (Å²) in [7, 11) is 0. The molecule has 0 spiro atoms. The zero-order chi connectivity index (χ0) is 20.1. The molecule has 9 heteroatoms. The van der Waals surface area contributed by atoms with E-state index < -0.39 is 5.91 Å². The summed E-state index contributed by atoms with van der Waals surface area (Å²) in [4.78, 5) is 36.5. The molecular weight excluding hydrogens is 376 g/mol. The molecule has 0 saturated heterocycles. The number of urea groups is 1. The lowest BCUT2D eigenvalue weighted by Crippen LogP contribution is -2.28. The molecule has 0 aliphatic rings. The number of carbonyl (C=O) groups excluding carboxylic acids is 2. The molecule has 3 amide bonds. The van der Waals surface area contributed by atoms with Crippen molar-refractivity contribution in [3.63, 3.8) is 0 Å². The molecule has 0 fully saturated rings. The van der Waals surface area contributed by atoms with Gasteiger partial charge in [-0.3, -0.25) is 15.1 Å².